The third-order valence-corrected chi connectivity index (χ3v) is 6.82. The number of hydrogen-bond donors (Lipinski definition) is 1. The predicted octanol–water partition coefficient (Wildman–Crippen LogP) is 3.28. The number of nitrogens with one attached hydrogen (secondary N) is 1. The van der Waals surface area contributed by atoms with Crippen molar-refractivity contribution in [3.8, 4) is 0 Å². The fraction of sp³-hybridized carbons (Fsp3) is 0.542. The molecule has 32 heavy (non-hydrogen) atoms. The van der Waals surface area contributed by atoms with Crippen LogP contribution in [0.3, 0.4) is 0 Å². The summed E-state index contributed by atoms with van der Waals surface area (Å²) in [4.78, 5) is 44.0. The molecule has 2 aliphatic heterocycles. The van der Waals surface area contributed by atoms with E-state index >= 15 is 0 Å². The van der Waals surface area contributed by atoms with E-state index in [1.165, 1.54) is 12.8 Å². The highest BCUT2D eigenvalue weighted by atomic mass is 16.2. The van der Waals surface area contributed by atoms with Gasteiger partial charge in [0.15, 0.2) is 5.82 Å². The summed E-state index contributed by atoms with van der Waals surface area (Å²) in [7, 11) is 1.79. The van der Waals surface area contributed by atoms with Crippen LogP contribution >= 0.6 is 0 Å². The van der Waals surface area contributed by atoms with Crippen LogP contribution in [0.2, 0.25) is 0 Å². The van der Waals surface area contributed by atoms with Crippen LogP contribution in [-0.4, -0.2) is 51.8 Å². The summed E-state index contributed by atoms with van der Waals surface area (Å²) in [5, 5.41) is 3.00. The number of carbonyl (C=O) groups excluding carboxylic acids is 2. The van der Waals surface area contributed by atoms with E-state index in [1.807, 2.05) is 16.7 Å². The van der Waals surface area contributed by atoms with Crippen molar-refractivity contribution in [1.82, 2.24) is 19.9 Å². The molecule has 0 aromatic carbocycles. The summed E-state index contributed by atoms with van der Waals surface area (Å²) >= 11 is 0. The van der Waals surface area contributed by atoms with E-state index in [0.717, 1.165) is 42.9 Å². The normalized spacial score (nSPS) is 20.8. The second kappa shape index (κ2) is 8.48. The smallest absolute Gasteiger partial charge is 0.254 e. The quantitative estimate of drug-likeness (QED) is 0.777. The molecule has 2 aromatic heterocycles. The van der Waals surface area contributed by atoms with Gasteiger partial charge in [0.05, 0.1) is 6.04 Å². The molecule has 4 heterocycles. The number of hydrogen-bond acceptors (Lipinski definition) is 6. The highest BCUT2D eigenvalue weighted by Gasteiger charge is 2.36. The minimum Gasteiger partial charge on any atom is -0.373 e. The van der Waals surface area contributed by atoms with Crippen molar-refractivity contribution < 1.29 is 9.59 Å². The number of aryl methyl sites for hydroxylation is 1. The summed E-state index contributed by atoms with van der Waals surface area (Å²) in [6.07, 6.45) is 8.04. The molecule has 168 valence electrons. The standard InChI is InChI=1S/C24H30N6O2/c1-15-18-8-9-21(31)30(14-16-6-7-16)23(18)28-22(27-15)19-5-3-4-12-29(19)24(32)17-10-11-26-20(13-17)25-2/h10-11,13,16,19H,3-9,12,14H2,1-2H3,(H,25,26)/t19-/m1/s1. The highest BCUT2D eigenvalue weighted by molar-refractivity contribution is 5.96. The third-order valence-electron chi connectivity index (χ3n) is 6.82. The summed E-state index contributed by atoms with van der Waals surface area (Å²) in [6, 6.07) is 3.35. The lowest BCUT2D eigenvalue weighted by atomic mass is 9.98. The van der Waals surface area contributed by atoms with Crippen molar-refractivity contribution in [2.24, 2.45) is 5.92 Å². The molecular formula is C24H30N6O2. The first-order valence-corrected chi connectivity index (χ1v) is 11.7. The molecule has 1 saturated carbocycles. The first-order valence-electron chi connectivity index (χ1n) is 11.7. The Bertz CT molecular complexity index is 1050. The maximum Gasteiger partial charge on any atom is 0.254 e. The Morgan fingerprint density at radius 3 is 2.81 bits per heavy atom. The van der Waals surface area contributed by atoms with Gasteiger partial charge in [0.2, 0.25) is 5.91 Å². The van der Waals surface area contributed by atoms with Gasteiger partial charge in [0.1, 0.15) is 11.6 Å². The monoisotopic (exact) mass is 434 g/mol. The van der Waals surface area contributed by atoms with E-state index in [1.54, 1.807) is 25.4 Å². The minimum atomic E-state index is -0.189. The van der Waals surface area contributed by atoms with Crippen molar-refractivity contribution in [1.29, 1.82) is 0 Å². The van der Waals surface area contributed by atoms with Gasteiger partial charge in [0.25, 0.3) is 5.91 Å². The van der Waals surface area contributed by atoms with Crippen molar-refractivity contribution >= 4 is 23.5 Å². The molecule has 1 atom stereocenters. The molecule has 0 spiro atoms. The third kappa shape index (κ3) is 3.94. The molecule has 0 unspecified atom stereocenters. The maximum absolute atomic E-state index is 13.4. The Morgan fingerprint density at radius 2 is 2.03 bits per heavy atom. The zero-order chi connectivity index (χ0) is 22.2. The van der Waals surface area contributed by atoms with Crippen LogP contribution in [0.1, 0.15) is 72.0 Å². The van der Waals surface area contributed by atoms with Gasteiger partial charge >= 0.3 is 0 Å². The molecule has 1 saturated heterocycles. The summed E-state index contributed by atoms with van der Waals surface area (Å²) < 4.78 is 0. The molecule has 2 amide bonds. The fourth-order valence-electron chi connectivity index (χ4n) is 4.81. The van der Waals surface area contributed by atoms with Gasteiger partial charge in [-0.2, -0.15) is 0 Å². The van der Waals surface area contributed by atoms with Crippen molar-refractivity contribution in [2.45, 2.75) is 57.9 Å². The van der Waals surface area contributed by atoms with Gasteiger partial charge in [-0.3, -0.25) is 14.5 Å². The zero-order valence-corrected chi connectivity index (χ0v) is 18.8. The predicted molar refractivity (Wildman–Crippen MR) is 122 cm³/mol. The minimum absolute atomic E-state index is 0.0292. The SMILES string of the molecule is CNc1cc(C(=O)N2CCCC[C@@H]2c2nc(C)c3c(n2)N(CC2CC2)C(=O)CC3)ccn1. The van der Waals surface area contributed by atoms with E-state index < -0.39 is 0 Å². The van der Waals surface area contributed by atoms with Gasteiger partial charge < -0.3 is 10.2 Å². The molecule has 1 aliphatic carbocycles. The van der Waals surface area contributed by atoms with Crippen LogP contribution < -0.4 is 10.2 Å². The van der Waals surface area contributed by atoms with E-state index in [2.05, 4.69) is 10.3 Å². The lowest BCUT2D eigenvalue weighted by molar-refractivity contribution is -0.119. The van der Waals surface area contributed by atoms with E-state index in [0.29, 0.717) is 42.5 Å². The number of pyridine rings is 1. The van der Waals surface area contributed by atoms with Crippen LogP contribution in [-0.2, 0) is 11.2 Å². The van der Waals surface area contributed by atoms with E-state index in [4.69, 9.17) is 9.97 Å². The number of carbonyl (C=O) groups is 2. The molecule has 8 heteroatoms. The number of nitrogens with zero attached hydrogens (tertiary/aromatic N) is 5. The maximum atomic E-state index is 13.4. The van der Waals surface area contributed by atoms with E-state index in [9.17, 15) is 9.59 Å². The molecule has 5 rings (SSSR count). The van der Waals surface area contributed by atoms with Crippen molar-refractivity contribution in [3.63, 3.8) is 0 Å². The van der Waals surface area contributed by atoms with Gasteiger partial charge in [0, 0.05) is 49.6 Å². The summed E-state index contributed by atoms with van der Waals surface area (Å²) in [6.45, 7) is 3.43. The number of piperidine rings is 1. The fourth-order valence-corrected chi connectivity index (χ4v) is 4.81. The van der Waals surface area contributed by atoms with Crippen molar-refractivity contribution in [3.05, 3.63) is 41.0 Å². The van der Waals surface area contributed by atoms with Gasteiger partial charge in [-0.25, -0.2) is 15.0 Å². The van der Waals surface area contributed by atoms with Crippen LogP contribution in [0.4, 0.5) is 11.6 Å². The van der Waals surface area contributed by atoms with Crippen LogP contribution in [0, 0.1) is 12.8 Å². The van der Waals surface area contributed by atoms with Crippen molar-refractivity contribution in [2.75, 3.05) is 30.4 Å². The Kier molecular flexibility index (Phi) is 5.53. The van der Waals surface area contributed by atoms with Gasteiger partial charge in [-0.15, -0.1) is 0 Å². The highest BCUT2D eigenvalue weighted by Crippen LogP contribution is 2.37. The average molecular weight is 435 g/mol. The largest absolute Gasteiger partial charge is 0.373 e. The second-order valence-corrected chi connectivity index (χ2v) is 9.11. The van der Waals surface area contributed by atoms with Gasteiger partial charge in [-0.1, -0.05) is 0 Å². The summed E-state index contributed by atoms with van der Waals surface area (Å²) in [5.74, 6) is 2.81. The number of fused-ring (bicyclic) bond motifs is 1. The topological polar surface area (TPSA) is 91.3 Å². The average Bonchev–Trinajstić information content (AvgIpc) is 3.64. The zero-order valence-electron chi connectivity index (χ0n) is 18.8. The number of likely N-dealkylation sites (tertiary alicyclic amines) is 1. The van der Waals surface area contributed by atoms with Crippen LogP contribution in [0.15, 0.2) is 18.3 Å². The molecule has 0 bridgehead atoms. The molecule has 2 aromatic rings. The molecule has 2 fully saturated rings. The first-order chi connectivity index (χ1) is 15.5. The molecule has 3 aliphatic rings. The van der Waals surface area contributed by atoms with Gasteiger partial charge in [-0.05, 0) is 63.5 Å². The van der Waals surface area contributed by atoms with Crippen LogP contribution in [0.5, 0.6) is 0 Å². The lowest BCUT2D eigenvalue weighted by Crippen LogP contribution is -2.41. The second-order valence-electron chi connectivity index (χ2n) is 9.11. The van der Waals surface area contributed by atoms with Crippen LogP contribution in [0.25, 0.3) is 0 Å². The Hall–Kier alpha value is -3.03. The molecular weight excluding hydrogens is 404 g/mol. The Labute approximate surface area is 188 Å². The molecule has 0 radical (unpaired) electrons. The summed E-state index contributed by atoms with van der Waals surface area (Å²) in [5.41, 5.74) is 2.62. The number of amides is 2. The van der Waals surface area contributed by atoms with E-state index in [-0.39, 0.29) is 17.9 Å². The molecule has 8 nitrogen and oxygen atoms in total. The molecule has 1 N–H and O–H groups in total. The lowest BCUT2D eigenvalue weighted by Gasteiger charge is -2.36. The Morgan fingerprint density at radius 1 is 1.19 bits per heavy atom. The number of rotatable bonds is 5. The number of anilines is 2. The first kappa shape index (κ1) is 20.8. The number of aromatic nitrogens is 3. The Balaban J connectivity index is 1.49.